The molecule has 33 heavy (non-hydrogen) atoms. The highest BCUT2D eigenvalue weighted by Crippen LogP contribution is 2.22. The van der Waals surface area contributed by atoms with Crippen LogP contribution in [-0.4, -0.2) is 64.6 Å². The molecule has 1 aliphatic rings. The Bertz CT molecular complexity index is 921. The molecule has 3 rings (SSSR count). The third-order valence-electron chi connectivity index (χ3n) is 6.41. The number of piperidine rings is 1. The van der Waals surface area contributed by atoms with Crippen LogP contribution in [0.15, 0.2) is 22.9 Å². The fourth-order valence-corrected chi connectivity index (χ4v) is 5.69. The Morgan fingerprint density at radius 2 is 2.12 bits per heavy atom. The number of aryl methyl sites for hydroxylation is 2. The molecule has 0 radical (unpaired) electrons. The van der Waals surface area contributed by atoms with Gasteiger partial charge in [-0.2, -0.15) is 11.3 Å². The van der Waals surface area contributed by atoms with Crippen LogP contribution in [0.25, 0.3) is 0 Å². The number of rotatable bonds is 8. The first kappa shape index (κ1) is 25.9. The van der Waals surface area contributed by atoms with Crippen LogP contribution in [-0.2, 0) is 6.54 Å². The molecule has 9 heteroatoms. The average molecular weight is 508 g/mol. The summed E-state index contributed by atoms with van der Waals surface area (Å²) in [4.78, 5) is 21.7. The smallest absolute Gasteiger partial charge is 0.253 e. The molecule has 1 amide bonds. The van der Waals surface area contributed by atoms with E-state index in [0.29, 0.717) is 35.0 Å². The maximum atomic E-state index is 12.7. The summed E-state index contributed by atoms with van der Waals surface area (Å²) in [5.41, 5.74) is 3.45. The van der Waals surface area contributed by atoms with E-state index in [-0.39, 0.29) is 5.91 Å². The number of thiocarbonyl (C=S) groups is 1. The number of halogens is 1. The topological polar surface area (TPSA) is 60.5 Å². The molecule has 1 atom stereocenters. The minimum atomic E-state index is -0.0790. The molecule has 180 valence electrons. The summed E-state index contributed by atoms with van der Waals surface area (Å²) in [5.74, 6) is -0.0790. The summed E-state index contributed by atoms with van der Waals surface area (Å²) in [7, 11) is 1.90. The molecule has 1 saturated heterocycles. The number of pyridine rings is 1. The van der Waals surface area contributed by atoms with Gasteiger partial charge >= 0.3 is 0 Å². The van der Waals surface area contributed by atoms with E-state index in [1.54, 1.807) is 17.4 Å². The summed E-state index contributed by atoms with van der Waals surface area (Å²) >= 11 is 13.3. The van der Waals surface area contributed by atoms with Crippen molar-refractivity contribution in [2.75, 3.05) is 26.7 Å². The van der Waals surface area contributed by atoms with E-state index in [2.05, 4.69) is 49.2 Å². The van der Waals surface area contributed by atoms with Gasteiger partial charge in [-0.1, -0.05) is 11.6 Å². The van der Waals surface area contributed by atoms with Gasteiger partial charge < -0.3 is 20.4 Å². The molecule has 0 aromatic carbocycles. The first-order chi connectivity index (χ1) is 15.8. The van der Waals surface area contributed by atoms with Gasteiger partial charge in [0.2, 0.25) is 0 Å². The van der Waals surface area contributed by atoms with Crippen LogP contribution in [0.3, 0.4) is 0 Å². The largest absolute Gasteiger partial charge is 0.366 e. The van der Waals surface area contributed by atoms with E-state index in [1.165, 1.54) is 5.56 Å². The number of likely N-dealkylation sites (tertiary alicyclic amines) is 1. The van der Waals surface area contributed by atoms with Crippen molar-refractivity contribution in [3.63, 3.8) is 0 Å². The van der Waals surface area contributed by atoms with Gasteiger partial charge in [0, 0.05) is 45.3 Å². The number of amides is 1. The molecule has 6 nitrogen and oxygen atoms in total. The highest BCUT2D eigenvalue weighted by Gasteiger charge is 2.28. The van der Waals surface area contributed by atoms with Crippen molar-refractivity contribution in [3.8, 4) is 0 Å². The van der Waals surface area contributed by atoms with Gasteiger partial charge in [0.1, 0.15) is 5.15 Å². The highest BCUT2D eigenvalue weighted by molar-refractivity contribution is 7.80. The van der Waals surface area contributed by atoms with E-state index >= 15 is 0 Å². The monoisotopic (exact) mass is 507 g/mol. The molecular weight excluding hydrogens is 474 g/mol. The van der Waals surface area contributed by atoms with Gasteiger partial charge in [0.15, 0.2) is 5.11 Å². The number of nitrogens with zero attached hydrogens (tertiary/aromatic N) is 3. The Morgan fingerprint density at radius 3 is 2.73 bits per heavy atom. The lowest BCUT2D eigenvalue weighted by atomic mass is 10.0. The van der Waals surface area contributed by atoms with Crippen LogP contribution in [0.2, 0.25) is 5.15 Å². The number of carbonyl (C=O) groups excluding carboxylic acids is 1. The fraction of sp³-hybridized carbons (Fsp3) is 0.542. The molecule has 0 bridgehead atoms. The van der Waals surface area contributed by atoms with Crippen LogP contribution in [0, 0.1) is 13.8 Å². The molecule has 1 aliphatic heterocycles. The second-order valence-corrected chi connectivity index (χ2v) is 10.3. The average Bonchev–Trinajstić information content (AvgIpc) is 3.29. The molecule has 3 heterocycles. The summed E-state index contributed by atoms with van der Waals surface area (Å²) in [6, 6.07) is 4.75. The first-order valence-corrected chi connectivity index (χ1v) is 13.2. The van der Waals surface area contributed by atoms with Gasteiger partial charge in [-0.3, -0.25) is 4.79 Å². The van der Waals surface area contributed by atoms with E-state index in [1.807, 2.05) is 20.9 Å². The van der Waals surface area contributed by atoms with E-state index in [4.69, 9.17) is 23.8 Å². The van der Waals surface area contributed by atoms with Crippen molar-refractivity contribution in [1.82, 2.24) is 25.4 Å². The molecule has 2 aromatic rings. The van der Waals surface area contributed by atoms with Crippen molar-refractivity contribution in [3.05, 3.63) is 50.4 Å². The normalized spacial score (nSPS) is 15.8. The molecule has 2 N–H and O–H groups in total. The first-order valence-electron chi connectivity index (χ1n) is 11.5. The maximum Gasteiger partial charge on any atom is 0.253 e. The van der Waals surface area contributed by atoms with Crippen molar-refractivity contribution < 1.29 is 4.79 Å². The molecule has 1 fully saturated rings. The summed E-state index contributed by atoms with van der Waals surface area (Å²) in [6.45, 7) is 9.51. The molecule has 1 unspecified atom stereocenters. The zero-order valence-electron chi connectivity index (χ0n) is 19.9. The van der Waals surface area contributed by atoms with Gasteiger partial charge in [-0.15, -0.1) is 0 Å². The van der Waals surface area contributed by atoms with Gasteiger partial charge in [0.25, 0.3) is 5.91 Å². The highest BCUT2D eigenvalue weighted by atomic mass is 35.5. The molecule has 0 saturated carbocycles. The van der Waals surface area contributed by atoms with E-state index in [9.17, 15) is 4.79 Å². The van der Waals surface area contributed by atoms with Gasteiger partial charge in [-0.05, 0) is 86.3 Å². The lowest BCUT2D eigenvalue weighted by Crippen LogP contribution is -2.51. The Kier molecular flexibility index (Phi) is 9.49. The van der Waals surface area contributed by atoms with E-state index in [0.717, 1.165) is 49.6 Å². The van der Waals surface area contributed by atoms with Crippen molar-refractivity contribution in [1.29, 1.82) is 0 Å². The number of hydrogen-bond donors (Lipinski definition) is 2. The minimum Gasteiger partial charge on any atom is -0.366 e. The number of nitrogens with one attached hydrogen (secondary N) is 2. The summed E-state index contributed by atoms with van der Waals surface area (Å²) in [6.07, 6.45) is 3.07. The van der Waals surface area contributed by atoms with Crippen molar-refractivity contribution >= 4 is 46.2 Å². The maximum absolute atomic E-state index is 12.7. The second-order valence-electron chi connectivity index (χ2n) is 8.70. The van der Waals surface area contributed by atoms with Gasteiger partial charge in [0.05, 0.1) is 11.3 Å². The lowest BCUT2D eigenvalue weighted by molar-refractivity contribution is 0.0934. The number of hydrogen-bond acceptors (Lipinski definition) is 5. The predicted molar refractivity (Wildman–Crippen MR) is 141 cm³/mol. The third-order valence-corrected chi connectivity index (χ3v) is 7.78. The Labute approximate surface area is 211 Å². The minimum absolute atomic E-state index is 0.0790. The second kappa shape index (κ2) is 12.1. The summed E-state index contributed by atoms with van der Waals surface area (Å²) < 4.78 is 0. The zero-order chi connectivity index (χ0) is 24.0. The quantitative estimate of drug-likeness (QED) is 0.408. The third kappa shape index (κ3) is 6.88. The molecule has 2 aromatic heterocycles. The van der Waals surface area contributed by atoms with Crippen LogP contribution < -0.4 is 10.6 Å². The Balaban J connectivity index is 1.47. The SMILES string of the molecule is CNC(=S)N(Cc1ccsc1)C1CCN(C(C)CCNC(=O)c2c(C)cc(Cl)nc2C)CC1. The summed E-state index contributed by atoms with van der Waals surface area (Å²) in [5, 5.41) is 11.8. The van der Waals surface area contributed by atoms with Crippen LogP contribution >= 0.6 is 35.2 Å². The molecule has 0 spiro atoms. The van der Waals surface area contributed by atoms with Crippen LogP contribution in [0.1, 0.15) is 53.4 Å². The standard InChI is InChI=1S/C24H34ClN5OS2/c1-16-13-21(25)28-18(3)22(16)23(31)27-9-5-17(2)29-10-6-20(7-11-29)30(24(32)26-4)14-19-8-12-33-15-19/h8,12-13,15,17,20H,5-7,9-11,14H2,1-4H3,(H,26,32)(H,27,31). The molecule has 0 aliphatic carbocycles. The van der Waals surface area contributed by atoms with Crippen LogP contribution in [0.5, 0.6) is 0 Å². The number of aromatic nitrogens is 1. The van der Waals surface area contributed by atoms with Gasteiger partial charge in [-0.25, -0.2) is 4.98 Å². The predicted octanol–water partition coefficient (Wildman–Crippen LogP) is 4.39. The number of thiophene rings is 1. The fourth-order valence-electron chi connectivity index (χ4n) is 4.52. The Hall–Kier alpha value is -1.74. The zero-order valence-corrected chi connectivity index (χ0v) is 22.2. The molecular formula is C24H34ClN5OS2. The van der Waals surface area contributed by atoms with Crippen molar-refractivity contribution in [2.45, 2.75) is 58.7 Å². The number of carbonyl (C=O) groups is 1. The van der Waals surface area contributed by atoms with E-state index < -0.39 is 0 Å². The van der Waals surface area contributed by atoms with Crippen molar-refractivity contribution in [2.24, 2.45) is 0 Å². The lowest BCUT2D eigenvalue weighted by Gasteiger charge is -2.41. The van der Waals surface area contributed by atoms with Crippen LogP contribution in [0.4, 0.5) is 0 Å². The Morgan fingerprint density at radius 1 is 1.39 bits per heavy atom.